The lowest BCUT2D eigenvalue weighted by molar-refractivity contribution is -0.385. The molecule has 0 N–H and O–H groups in total. The van der Waals surface area contributed by atoms with Crippen molar-refractivity contribution in [1.82, 2.24) is 4.90 Å². The van der Waals surface area contributed by atoms with Gasteiger partial charge in [-0.15, -0.1) is 0 Å². The van der Waals surface area contributed by atoms with Gasteiger partial charge in [0.25, 0.3) is 5.91 Å². The number of hydrogen-bond donors (Lipinski definition) is 0. The molecule has 108 valence electrons. The number of carbonyl (C=O) groups excluding carboxylic acids is 1. The number of amides is 1. The molecule has 20 heavy (non-hydrogen) atoms. The summed E-state index contributed by atoms with van der Waals surface area (Å²) in [6.45, 7) is 4.68. The second-order valence-corrected chi connectivity index (χ2v) is 5.79. The molecule has 1 fully saturated rings. The molecule has 1 amide bonds. The molecule has 0 bridgehead atoms. The van der Waals surface area contributed by atoms with Gasteiger partial charge in [0.2, 0.25) is 0 Å². The first-order chi connectivity index (χ1) is 9.41. The van der Waals surface area contributed by atoms with Crippen LogP contribution in [0.15, 0.2) is 18.2 Å². The number of rotatable bonds is 2. The molecular weight excluding hydrogens is 280 g/mol. The summed E-state index contributed by atoms with van der Waals surface area (Å²) in [7, 11) is 0. The van der Waals surface area contributed by atoms with Crippen LogP contribution in [0.4, 0.5) is 5.69 Å². The fraction of sp³-hybridized carbons (Fsp3) is 0.500. The first kappa shape index (κ1) is 14.8. The van der Waals surface area contributed by atoms with Crippen molar-refractivity contribution in [2.24, 2.45) is 5.92 Å². The van der Waals surface area contributed by atoms with Crippen molar-refractivity contribution in [2.45, 2.75) is 32.7 Å². The van der Waals surface area contributed by atoms with Gasteiger partial charge in [0.05, 0.1) is 4.92 Å². The van der Waals surface area contributed by atoms with Gasteiger partial charge in [-0.3, -0.25) is 14.9 Å². The number of para-hydroxylation sites is 1. The average molecular weight is 297 g/mol. The van der Waals surface area contributed by atoms with E-state index in [0.717, 1.165) is 12.8 Å². The molecule has 2 rings (SSSR count). The van der Waals surface area contributed by atoms with Crippen LogP contribution in [-0.2, 0) is 0 Å². The highest BCUT2D eigenvalue weighted by atomic mass is 35.5. The quantitative estimate of drug-likeness (QED) is 0.619. The van der Waals surface area contributed by atoms with E-state index in [2.05, 4.69) is 6.92 Å². The molecular formula is C14H17ClN2O3. The standard InChI is InChI=1S/C14H17ClN2O3/c1-9-6-7-10(2)16(8-9)14(18)11-4-3-5-12(15)13(11)17(19)20/h3-5,9-10H,6-8H2,1-2H3. The van der Waals surface area contributed by atoms with Crippen molar-refractivity contribution in [3.05, 3.63) is 38.9 Å². The SMILES string of the molecule is CC1CCC(C)N(C(=O)c2cccc(Cl)c2[N+](=O)[O-])C1. The Morgan fingerprint density at radius 2 is 2.10 bits per heavy atom. The third kappa shape index (κ3) is 2.77. The minimum absolute atomic E-state index is 0.00133. The van der Waals surface area contributed by atoms with Gasteiger partial charge in [-0.2, -0.15) is 0 Å². The molecule has 0 aliphatic carbocycles. The highest BCUT2D eigenvalue weighted by molar-refractivity contribution is 6.33. The van der Waals surface area contributed by atoms with Crippen molar-refractivity contribution in [2.75, 3.05) is 6.54 Å². The molecule has 0 saturated carbocycles. The molecule has 2 atom stereocenters. The maximum atomic E-state index is 12.6. The summed E-state index contributed by atoms with van der Waals surface area (Å²) in [5, 5.41) is 11.1. The van der Waals surface area contributed by atoms with Crippen LogP contribution in [0.1, 0.15) is 37.0 Å². The fourth-order valence-electron chi connectivity index (χ4n) is 2.60. The largest absolute Gasteiger partial charge is 0.335 e. The van der Waals surface area contributed by atoms with Crippen LogP contribution in [-0.4, -0.2) is 28.3 Å². The molecule has 1 heterocycles. The highest BCUT2D eigenvalue weighted by Gasteiger charge is 2.32. The maximum Gasteiger partial charge on any atom is 0.300 e. The van der Waals surface area contributed by atoms with E-state index in [9.17, 15) is 14.9 Å². The Kier molecular flexibility index (Phi) is 4.28. The fourth-order valence-corrected chi connectivity index (χ4v) is 2.84. The third-order valence-corrected chi connectivity index (χ3v) is 4.08. The number of nitro benzene ring substituents is 1. The molecule has 0 spiro atoms. The maximum absolute atomic E-state index is 12.6. The van der Waals surface area contributed by atoms with Crippen LogP contribution in [0.25, 0.3) is 0 Å². The summed E-state index contributed by atoms with van der Waals surface area (Å²) in [6, 6.07) is 4.56. The van der Waals surface area contributed by atoms with Gasteiger partial charge >= 0.3 is 5.69 Å². The number of hydrogen-bond acceptors (Lipinski definition) is 3. The van der Waals surface area contributed by atoms with Gasteiger partial charge in [-0.05, 0) is 37.8 Å². The normalized spacial score (nSPS) is 22.6. The second kappa shape index (κ2) is 5.79. The van der Waals surface area contributed by atoms with Crippen molar-refractivity contribution in [3.8, 4) is 0 Å². The summed E-state index contributed by atoms with van der Waals surface area (Å²) in [6.07, 6.45) is 1.99. The molecule has 1 aliphatic heterocycles. The van der Waals surface area contributed by atoms with Gasteiger partial charge in [-0.25, -0.2) is 0 Å². The van der Waals surface area contributed by atoms with Crippen LogP contribution in [0, 0.1) is 16.0 Å². The molecule has 0 aromatic heterocycles. The molecule has 5 nitrogen and oxygen atoms in total. The van der Waals surface area contributed by atoms with E-state index in [1.54, 1.807) is 11.0 Å². The molecule has 1 saturated heterocycles. The van der Waals surface area contributed by atoms with E-state index < -0.39 is 4.92 Å². The van der Waals surface area contributed by atoms with Crippen LogP contribution >= 0.6 is 11.6 Å². The van der Waals surface area contributed by atoms with E-state index >= 15 is 0 Å². The molecule has 2 unspecified atom stereocenters. The summed E-state index contributed by atoms with van der Waals surface area (Å²) in [5.74, 6) is 0.103. The van der Waals surface area contributed by atoms with E-state index in [-0.39, 0.29) is 28.2 Å². The number of nitro groups is 1. The van der Waals surface area contributed by atoms with Gasteiger partial charge in [0, 0.05) is 12.6 Å². The van der Waals surface area contributed by atoms with E-state index in [0.29, 0.717) is 12.5 Å². The van der Waals surface area contributed by atoms with Gasteiger partial charge in [-0.1, -0.05) is 24.6 Å². The van der Waals surface area contributed by atoms with Crippen LogP contribution in [0.2, 0.25) is 5.02 Å². The Labute approximate surface area is 122 Å². The minimum Gasteiger partial charge on any atom is -0.335 e. The van der Waals surface area contributed by atoms with Crippen molar-refractivity contribution in [1.29, 1.82) is 0 Å². The van der Waals surface area contributed by atoms with E-state index in [4.69, 9.17) is 11.6 Å². The van der Waals surface area contributed by atoms with Gasteiger partial charge in [0.15, 0.2) is 0 Å². The number of carbonyl (C=O) groups is 1. The lowest BCUT2D eigenvalue weighted by Gasteiger charge is -2.36. The van der Waals surface area contributed by atoms with Crippen molar-refractivity contribution in [3.63, 3.8) is 0 Å². The first-order valence-electron chi connectivity index (χ1n) is 6.65. The summed E-state index contributed by atoms with van der Waals surface area (Å²) < 4.78 is 0. The Hall–Kier alpha value is -1.62. The Balaban J connectivity index is 2.38. The van der Waals surface area contributed by atoms with Gasteiger partial charge < -0.3 is 4.90 Å². The molecule has 1 aromatic carbocycles. The van der Waals surface area contributed by atoms with E-state index in [1.165, 1.54) is 12.1 Å². The van der Waals surface area contributed by atoms with Gasteiger partial charge in [0.1, 0.15) is 10.6 Å². The number of nitrogens with zero attached hydrogens (tertiary/aromatic N) is 2. The molecule has 1 aliphatic rings. The van der Waals surface area contributed by atoms with Crippen LogP contribution in [0.5, 0.6) is 0 Å². The lowest BCUT2D eigenvalue weighted by atomic mass is 9.94. The smallest absolute Gasteiger partial charge is 0.300 e. The summed E-state index contributed by atoms with van der Waals surface area (Å²) in [5.41, 5.74) is -0.229. The van der Waals surface area contributed by atoms with Crippen molar-refractivity contribution < 1.29 is 9.72 Å². The first-order valence-corrected chi connectivity index (χ1v) is 7.03. The lowest BCUT2D eigenvalue weighted by Crippen LogP contribution is -2.45. The van der Waals surface area contributed by atoms with Crippen molar-refractivity contribution >= 4 is 23.2 Å². The Morgan fingerprint density at radius 3 is 2.75 bits per heavy atom. The molecule has 6 heteroatoms. The zero-order chi connectivity index (χ0) is 14.9. The third-order valence-electron chi connectivity index (χ3n) is 3.78. The number of benzene rings is 1. The number of halogens is 1. The predicted octanol–water partition coefficient (Wildman–Crippen LogP) is 3.51. The summed E-state index contributed by atoms with van der Waals surface area (Å²) in [4.78, 5) is 24.8. The number of piperidine rings is 1. The average Bonchev–Trinajstić information content (AvgIpc) is 2.40. The van der Waals surface area contributed by atoms with Crippen LogP contribution < -0.4 is 0 Å². The Bertz CT molecular complexity index is 547. The second-order valence-electron chi connectivity index (χ2n) is 5.38. The zero-order valence-electron chi connectivity index (χ0n) is 11.5. The minimum atomic E-state index is -0.590. The molecule has 1 aromatic rings. The predicted molar refractivity (Wildman–Crippen MR) is 77.0 cm³/mol. The van der Waals surface area contributed by atoms with E-state index in [1.807, 2.05) is 6.92 Å². The number of likely N-dealkylation sites (tertiary alicyclic amines) is 1. The Morgan fingerprint density at radius 1 is 1.40 bits per heavy atom. The highest BCUT2D eigenvalue weighted by Crippen LogP contribution is 2.31. The monoisotopic (exact) mass is 296 g/mol. The topological polar surface area (TPSA) is 63.5 Å². The summed E-state index contributed by atoms with van der Waals surface area (Å²) >= 11 is 5.86. The zero-order valence-corrected chi connectivity index (χ0v) is 12.3. The van der Waals surface area contributed by atoms with Crippen LogP contribution in [0.3, 0.4) is 0 Å². The molecule has 0 radical (unpaired) electrons.